The molecule has 3 heterocycles. The molecule has 1 aliphatic heterocycles. The quantitative estimate of drug-likeness (QED) is 0.156. The van der Waals surface area contributed by atoms with Crippen molar-refractivity contribution in [3.05, 3.63) is 51.9 Å². The van der Waals surface area contributed by atoms with Gasteiger partial charge in [0, 0.05) is 50.7 Å². The summed E-state index contributed by atoms with van der Waals surface area (Å²) >= 11 is 0. The van der Waals surface area contributed by atoms with Crippen LogP contribution in [0.5, 0.6) is 0 Å². The van der Waals surface area contributed by atoms with Gasteiger partial charge in [0.1, 0.15) is 11.9 Å². The monoisotopic (exact) mass is 700 g/mol. The topological polar surface area (TPSA) is 216 Å². The first-order valence-electron chi connectivity index (χ1n) is 15.1. The van der Waals surface area contributed by atoms with Crippen LogP contribution in [-0.4, -0.2) is 94.1 Å². The molecule has 3 aromatic rings. The lowest BCUT2D eigenvalue weighted by molar-refractivity contribution is -0.152. The highest BCUT2D eigenvalue weighted by Crippen LogP contribution is 2.29. The summed E-state index contributed by atoms with van der Waals surface area (Å²) in [7, 11) is -6.83. The van der Waals surface area contributed by atoms with Crippen LogP contribution in [0.2, 0.25) is 0 Å². The number of pyridine rings is 1. The first-order valence-corrected chi connectivity index (χ1v) is 18.3. The fourth-order valence-electron chi connectivity index (χ4n) is 5.07. The van der Waals surface area contributed by atoms with E-state index in [1.807, 2.05) is 31.3 Å². The predicted molar refractivity (Wildman–Crippen MR) is 175 cm³/mol. The Balaban J connectivity index is 0.000000520. The van der Waals surface area contributed by atoms with E-state index in [1.54, 1.807) is 32.4 Å². The maximum absolute atomic E-state index is 12.4. The van der Waals surface area contributed by atoms with E-state index in [4.69, 9.17) is 23.6 Å². The van der Waals surface area contributed by atoms with Gasteiger partial charge < -0.3 is 23.7 Å². The summed E-state index contributed by atoms with van der Waals surface area (Å²) in [5.41, 5.74) is 4.34. The maximum atomic E-state index is 12.4. The molecule has 0 amide bonds. The van der Waals surface area contributed by atoms with Crippen LogP contribution in [-0.2, 0) is 54.6 Å². The normalized spacial score (nSPS) is 15.7. The number of nitrogens with one attached hydrogen (secondary N) is 1. The molecule has 17 heteroatoms. The number of imidazole rings is 1. The zero-order valence-electron chi connectivity index (χ0n) is 27.1. The smallest absolute Gasteiger partial charge is 0.326 e. The van der Waals surface area contributed by atoms with E-state index in [-0.39, 0.29) is 11.7 Å². The number of hydrogen-bond donors (Lipinski definition) is 4. The molecule has 15 nitrogen and oxygen atoms in total. The number of aryl methyl sites for hydroxylation is 2. The number of aromatic nitrogens is 3. The molecule has 0 saturated carbocycles. The summed E-state index contributed by atoms with van der Waals surface area (Å²) in [5, 5.41) is 13.3. The molecule has 4 N–H and O–H groups in total. The van der Waals surface area contributed by atoms with Gasteiger partial charge in [-0.05, 0) is 70.2 Å². The number of aliphatic hydroxyl groups is 1. The van der Waals surface area contributed by atoms with Crippen LogP contribution in [0, 0.1) is 12.8 Å². The van der Waals surface area contributed by atoms with Gasteiger partial charge in [-0.1, -0.05) is 6.07 Å². The van der Waals surface area contributed by atoms with Crippen molar-refractivity contribution in [2.45, 2.75) is 71.9 Å². The standard InChI is InChI=1S/C28H38N4O5.C2H6O6S2/c1-17(2)37-28(35)25(19(4)33)29-14-21-6-7-24-23(13-21)30-26(22-12-18(3)27(34)31(5)16-22)32(24)15-20-8-10-36-11-9-20;3-9(4,5)1-2-10(6,7)8/h6-7,12-13,16-17,19-20,25,29,33H,8-11,14-15H2,1-5H3;1-2H2,(H,3,4,5)(H,6,7,8). The third-order valence-electron chi connectivity index (χ3n) is 7.43. The zero-order valence-corrected chi connectivity index (χ0v) is 28.8. The molecular formula is C30H44N4O11S2. The minimum Gasteiger partial charge on any atom is -0.462 e. The molecule has 1 aromatic carbocycles. The van der Waals surface area contributed by atoms with Gasteiger partial charge in [0.15, 0.2) is 0 Å². The maximum Gasteiger partial charge on any atom is 0.326 e. The number of rotatable bonds is 12. The Bertz CT molecular complexity index is 1750. The summed E-state index contributed by atoms with van der Waals surface area (Å²) < 4.78 is 70.1. The van der Waals surface area contributed by atoms with E-state index in [1.165, 1.54) is 0 Å². The molecule has 4 rings (SSSR count). The minimum absolute atomic E-state index is 0.0205. The van der Waals surface area contributed by atoms with E-state index in [2.05, 4.69) is 16.0 Å². The molecule has 0 radical (unpaired) electrons. The highest BCUT2D eigenvalue weighted by atomic mass is 32.2. The SMILES string of the molecule is Cc1cc(-c2nc3cc(CNC(C(=O)OC(C)C)C(C)O)ccc3n2CC2CCOCC2)cn(C)c1=O.O=S(=O)(O)CCS(=O)(=O)O. The average molecular weight is 701 g/mol. The Labute approximate surface area is 274 Å². The second kappa shape index (κ2) is 16.3. The van der Waals surface area contributed by atoms with Crippen molar-refractivity contribution < 1.29 is 45.3 Å². The lowest BCUT2D eigenvalue weighted by Crippen LogP contribution is -2.46. The number of nitrogens with zero attached hydrogens (tertiary/aromatic N) is 3. The first kappa shape index (κ1) is 38.3. The van der Waals surface area contributed by atoms with Crippen molar-refractivity contribution in [3.63, 3.8) is 0 Å². The van der Waals surface area contributed by atoms with E-state index in [0.29, 0.717) is 18.0 Å². The van der Waals surface area contributed by atoms with Crippen molar-refractivity contribution in [1.29, 1.82) is 0 Å². The van der Waals surface area contributed by atoms with Crippen molar-refractivity contribution in [1.82, 2.24) is 19.4 Å². The lowest BCUT2D eigenvalue weighted by atomic mass is 10.00. The Hall–Kier alpha value is -3.19. The first-order chi connectivity index (χ1) is 21.8. The summed E-state index contributed by atoms with van der Waals surface area (Å²) in [6.07, 6.45) is 2.69. The molecule has 262 valence electrons. The van der Waals surface area contributed by atoms with Gasteiger partial charge in [-0.25, -0.2) is 4.98 Å². The lowest BCUT2D eigenvalue weighted by Gasteiger charge is -2.23. The molecule has 0 spiro atoms. The Morgan fingerprint density at radius 2 is 1.70 bits per heavy atom. The molecule has 0 aliphatic carbocycles. The molecule has 2 unspecified atom stereocenters. The minimum atomic E-state index is -4.30. The van der Waals surface area contributed by atoms with Gasteiger partial charge in [-0.2, -0.15) is 16.8 Å². The number of fused-ring (bicyclic) bond motifs is 1. The van der Waals surface area contributed by atoms with Crippen LogP contribution >= 0.6 is 0 Å². The van der Waals surface area contributed by atoms with E-state index >= 15 is 0 Å². The third-order valence-corrected chi connectivity index (χ3v) is 9.13. The molecule has 1 saturated heterocycles. The second-order valence-electron chi connectivity index (χ2n) is 11.9. The second-order valence-corrected chi connectivity index (χ2v) is 15.1. The number of aliphatic hydroxyl groups excluding tert-OH is 1. The van der Waals surface area contributed by atoms with Crippen LogP contribution in [0.4, 0.5) is 0 Å². The summed E-state index contributed by atoms with van der Waals surface area (Å²) in [5.74, 6) is -1.12. The van der Waals surface area contributed by atoms with Gasteiger partial charge in [0.2, 0.25) is 0 Å². The molecular weight excluding hydrogens is 656 g/mol. The molecule has 47 heavy (non-hydrogen) atoms. The van der Waals surface area contributed by atoms with Crippen molar-refractivity contribution in [3.8, 4) is 11.4 Å². The Morgan fingerprint density at radius 1 is 1.09 bits per heavy atom. The van der Waals surface area contributed by atoms with E-state index in [0.717, 1.165) is 60.6 Å². The Kier molecular flexibility index (Phi) is 13.2. The van der Waals surface area contributed by atoms with Gasteiger partial charge >= 0.3 is 5.97 Å². The fourth-order valence-corrected chi connectivity index (χ4v) is 6.76. The zero-order chi connectivity index (χ0) is 35.1. The van der Waals surface area contributed by atoms with Crippen LogP contribution in [0.1, 0.15) is 44.7 Å². The van der Waals surface area contributed by atoms with Gasteiger partial charge in [-0.15, -0.1) is 0 Å². The largest absolute Gasteiger partial charge is 0.462 e. The van der Waals surface area contributed by atoms with Crippen LogP contribution in [0.15, 0.2) is 35.3 Å². The van der Waals surface area contributed by atoms with Crippen molar-refractivity contribution in [2.24, 2.45) is 13.0 Å². The molecule has 2 aromatic heterocycles. The average Bonchev–Trinajstić information content (AvgIpc) is 3.31. The number of carbonyl (C=O) groups is 1. The predicted octanol–water partition coefficient (Wildman–Crippen LogP) is 1.69. The summed E-state index contributed by atoms with van der Waals surface area (Å²) in [6, 6.07) is 7.16. The molecule has 0 bridgehead atoms. The van der Waals surface area contributed by atoms with Gasteiger partial charge in [0.05, 0.1) is 34.7 Å². The third kappa shape index (κ3) is 11.8. The number of benzene rings is 1. The fraction of sp³-hybridized carbons (Fsp3) is 0.567. The summed E-state index contributed by atoms with van der Waals surface area (Å²) in [4.78, 5) is 29.7. The van der Waals surface area contributed by atoms with Gasteiger partial charge in [-0.3, -0.25) is 24.0 Å². The van der Waals surface area contributed by atoms with Gasteiger partial charge in [0.25, 0.3) is 25.8 Å². The molecule has 2 atom stereocenters. The van der Waals surface area contributed by atoms with Crippen LogP contribution in [0.3, 0.4) is 0 Å². The molecule has 1 fully saturated rings. The highest BCUT2D eigenvalue weighted by molar-refractivity contribution is 7.89. The van der Waals surface area contributed by atoms with E-state index < -0.39 is 49.9 Å². The molecule has 1 aliphatic rings. The van der Waals surface area contributed by atoms with Crippen molar-refractivity contribution in [2.75, 3.05) is 24.7 Å². The number of ether oxygens (including phenoxy) is 2. The van der Waals surface area contributed by atoms with Crippen LogP contribution < -0.4 is 10.9 Å². The van der Waals surface area contributed by atoms with Crippen molar-refractivity contribution >= 4 is 37.2 Å². The number of hydrogen-bond acceptors (Lipinski definition) is 11. The Morgan fingerprint density at radius 3 is 2.23 bits per heavy atom. The van der Waals surface area contributed by atoms with E-state index in [9.17, 15) is 31.5 Å². The number of esters is 1. The summed E-state index contributed by atoms with van der Waals surface area (Å²) in [6.45, 7) is 9.69. The number of carbonyl (C=O) groups excluding carboxylic acids is 1. The van der Waals surface area contributed by atoms with Crippen LogP contribution in [0.25, 0.3) is 22.4 Å². The highest BCUT2D eigenvalue weighted by Gasteiger charge is 2.26.